The molecule has 5 nitrogen and oxygen atoms in total. The van der Waals surface area contributed by atoms with Crippen LogP contribution in [0.5, 0.6) is 5.75 Å². The molecule has 0 atom stereocenters. The Labute approximate surface area is 159 Å². The molecule has 9 heteroatoms. The van der Waals surface area contributed by atoms with Crippen molar-refractivity contribution in [3.8, 4) is 5.75 Å². The Bertz CT molecular complexity index is 733. The minimum atomic E-state index is -3.07. The first-order chi connectivity index (χ1) is 11.8. The van der Waals surface area contributed by atoms with E-state index in [1.54, 1.807) is 6.92 Å². The molecule has 25 heavy (non-hydrogen) atoms. The van der Waals surface area contributed by atoms with E-state index in [2.05, 4.69) is 36.6 Å². The molecular formula is C16H15Br2F2NO4. The van der Waals surface area contributed by atoms with Gasteiger partial charge >= 0.3 is 12.6 Å². The second-order valence-corrected chi connectivity index (χ2v) is 6.92. The summed E-state index contributed by atoms with van der Waals surface area (Å²) in [4.78, 5) is 25.1. The normalized spacial score (nSPS) is 15.0. The van der Waals surface area contributed by atoms with Crippen LogP contribution in [-0.2, 0) is 9.53 Å². The maximum Gasteiger partial charge on any atom is 0.387 e. The zero-order valence-corrected chi connectivity index (χ0v) is 16.3. The Kier molecular flexibility index (Phi) is 6.56. The maximum atomic E-state index is 12.9. The van der Waals surface area contributed by atoms with Crippen molar-refractivity contribution in [3.63, 3.8) is 0 Å². The third-order valence-electron chi connectivity index (χ3n) is 3.51. The molecule has 0 heterocycles. The first-order valence-electron chi connectivity index (χ1n) is 7.42. The second-order valence-electron chi connectivity index (χ2n) is 5.27. The lowest BCUT2D eigenvalue weighted by Gasteiger charge is -2.14. The Hall–Kier alpha value is -1.48. The highest BCUT2D eigenvalue weighted by molar-refractivity contribution is 9.11. The summed E-state index contributed by atoms with van der Waals surface area (Å²) in [6.07, 6.45) is 1.56. The van der Waals surface area contributed by atoms with E-state index >= 15 is 0 Å². The van der Waals surface area contributed by atoms with Crippen molar-refractivity contribution in [1.82, 2.24) is 0 Å². The van der Waals surface area contributed by atoms with E-state index in [1.807, 2.05) is 0 Å². The Morgan fingerprint density at radius 1 is 1.32 bits per heavy atom. The quantitative estimate of drug-likeness (QED) is 0.207. The predicted octanol–water partition coefficient (Wildman–Crippen LogP) is 4.18. The summed E-state index contributed by atoms with van der Waals surface area (Å²) >= 11 is 6.18. The van der Waals surface area contributed by atoms with Gasteiger partial charge in [0.25, 0.3) is 0 Å². The summed E-state index contributed by atoms with van der Waals surface area (Å²) in [6.45, 7) is -1.39. The van der Waals surface area contributed by atoms with E-state index in [9.17, 15) is 18.4 Å². The van der Waals surface area contributed by atoms with Gasteiger partial charge in [0, 0.05) is 11.3 Å². The molecule has 2 N–H and O–H groups in total. The molecule has 0 aliphatic heterocycles. The molecule has 1 saturated carbocycles. The molecule has 0 saturated heterocycles. The van der Waals surface area contributed by atoms with Gasteiger partial charge in [0.05, 0.1) is 15.6 Å². The first kappa shape index (κ1) is 19.8. The van der Waals surface area contributed by atoms with Crippen molar-refractivity contribution in [1.29, 1.82) is 0 Å². The highest BCUT2D eigenvalue weighted by Gasteiger charge is 2.34. The average molecular weight is 483 g/mol. The van der Waals surface area contributed by atoms with Gasteiger partial charge in [0.2, 0.25) is 5.78 Å². The standard InChI is InChI=1S/C16H15Br2F2NO4/c1-2-24-15(23)10(12(21)7-3-4-7)13(22)8-5-6-9(17)14(11(8)18)25-16(19)20/h5-7,16H,2-4,21H2,1H3. The maximum absolute atomic E-state index is 12.9. The van der Waals surface area contributed by atoms with Crippen LogP contribution in [0.1, 0.15) is 30.1 Å². The number of carbonyl (C=O) groups is 2. The minimum Gasteiger partial charge on any atom is -0.462 e. The molecule has 1 aromatic carbocycles. The fourth-order valence-electron chi connectivity index (χ4n) is 2.18. The van der Waals surface area contributed by atoms with Crippen LogP contribution >= 0.6 is 31.9 Å². The Morgan fingerprint density at radius 3 is 2.48 bits per heavy atom. The van der Waals surface area contributed by atoms with Crippen LogP contribution in [0.2, 0.25) is 0 Å². The highest BCUT2D eigenvalue weighted by Crippen LogP contribution is 2.40. The van der Waals surface area contributed by atoms with Crippen molar-refractivity contribution in [2.24, 2.45) is 11.7 Å². The number of benzene rings is 1. The zero-order valence-electron chi connectivity index (χ0n) is 13.2. The number of hydrogen-bond acceptors (Lipinski definition) is 5. The first-order valence-corrected chi connectivity index (χ1v) is 9.00. The van der Waals surface area contributed by atoms with Gasteiger partial charge in [-0.1, -0.05) is 0 Å². The van der Waals surface area contributed by atoms with Crippen LogP contribution in [0.15, 0.2) is 32.3 Å². The fraction of sp³-hybridized carbons (Fsp3) is 0.375. The lowest BCUT2D eigenvalue weighted by atomic mass is 9.99. The van der Waals surface area contributed by atoms with Crippen LogP contribution in [0.4, 0.5) is 8.78 Å². The highest BCUT2D eigenvalue weighted by atomic mass is 79.9. The summed E-state index contributed by atoms with van der Waals surface area (Å²) in [5.41, 5.74) is 5.84. The summed E-state index contributed by atoms with van der Waals surface area (Å²) in [6, 6.07) is 2.76. The number of carbonyl (C=O) groups excluding carboxylic acids is 2. The van der Waals surface area contributed by atoms with Gasteiger partial charge in [-0.25, -0.2) is 4.79 Å². The zero-order chi connectivity index (χ0) is 18.7. The smallest absolute Gasteiger partial charge is 0.387 e. The van der Waals surface area contributed by atoms with Crippen LogP contribution in [-0.4, -0.2) is 25.0 Å². The molecule has 1 aliphatic rings. The largest absolute Gasteiger partial charge is 0.462 e. The van der Waals surface area contributed by atoms with E-state index < -0.39 is 18.4 Å². The van der Waals surface area contributed by atoms with Gasteiger partial charge in [-0.05, 0) is 69.7 Å². The number of hydrogen-bond donors (Lipinski definition) is 1. The summed E-state index contributed by atoms with van der Waals surface area (Å²) in [7, 11) is 0. The molecule has 0 spiro atoms. The number of Topliss-reactive ketones (excluding diaryl/α,β-unsaturated/α-hetero) is 1. The van der Waals surface area contributed by atoms with Crippen LogP contribution in [0.3, 0.4) is 0 Å². The summed E-state index contributed by atoms with van der Waals surface area (Å²) in [5, 5.41) is 0. The fourth-order valence-corrected chi connectivity index (χ4v) is 3.49. The predicted molar refractivity (Wildman–Crippen MR) is 93.4 cm³/mol. The van der Waals surface area contributed by atoms with Crippen molar-refractivity contribution in [2.75, 3.05) is 6.61 Å². The molecule has 2 rings (SSSR count). The number of nitrogens with two attached hydrogens (primary N) is 1. The molecule has 1 aromatic rings. The number of alkyl halides is 2. The molecule has 0 radical (unpaired) electrons. The average Bonchev–Trinajstić information content (AvgIpc) is 3.36. The van der Waals surface area contributed by atoms with Crippen molar-refractivity contribution < 1.29 is 27.8 Å². The van der Waals surface area contributed by atoms with Crippen LogP contribution < -0.4 is 10.5 Å². The van der Waals surface area contributed by atoms with Gasteiger partial charge in [-0.2, -0.15) is 8.78 Å². The number of rotatable bonds is 7. The summed E-state index contributed by atoms with van der Waals surface area (Å²) in [5.74, 6) is -1.83. The minimum absolute atomic E-state index is 0.00225. The molecule has 1 fully saturated rings. The van der Waals surface area contributed by atoms with Crippen molar-refractivity contribution >= 4 is 43.6 Å². The molecule has 136 valence electrons. The SMILES string of the molecule is CCOC(=O)C(C(=O)c1ccc(Br)c(OC(F)F)c1Br)=C(N)C1CC1. The van der Waals surface area contributed by atoms with Crippen molar-refractivity contribution in [2.45, 2.75) is 26.4 Å². The van der Waals surface area contributed by atoms with E-state index in [1.165, 1.54) is 12.1 Å². The number of allylic oxidation sites excluding steroid dienone is 1. The molecular weight excluding hydrogens is 468 g/mol. The molecule has 0 aromatic heterocycles. The molecule has 0 unspecified atom stereocenters. The lowest BCUT2D eigenvalue weighted by molar-refractivity contribution is -0.138. The van der Waals surface area contributed by atoms with Gasteiger partial charge in [0.1, 0.15) is 5.57 Å². The van der Waals surface area contributed by atoms with E-state index in [0.29, 0.717) is 0 Å². The lowest BCUT2D eigenvalue weighted by Crippen LogP contribution is -2.23. The third-order valence-corrected chi connectivity index (χ3v) is 4.92. The molecule has 1 aliphatic carbocycles. The molecule has 0 amide bonds. The van der Waals surface area contributed by atoms with E-state index in [0.717, 1.165) is 12.8 Å². The van der Waals surface area contributed by atoms with Gasteiger partial charge < -0.3 is 15.2 Å². The van der Waals surface area contributed by atoms with E-state index in [-0.39, 0.29) is 44.1 Å². The van der Waals surface area contributed by atoms with Gasteiger partial charge in [0.15, 0.2) is 5.75 Å². The summed E-state index contributed by atoms with van der Waals surface area (Å²) < 4.78 is 34.8. The monoisotopic (exact) mass is 481 g/mol. The Morgan fingerprint density at radius 2 is 1.96 bits per heavy atom. The number of ether oxygens (including phenoxy) is 2. The van der Waals surface area contributed by atoms with Crippen LogP contribution in [0.25, 0.3) is 0 Å². The molecule has 0 bridgehead atoms. The van der Waals surface area contributed by atoms with E-state index in [4.69, 9.17) is 10.5 Å². The second kappa shape index (κ2) is 8.27. The van der Waals surface area contributed by atoms with Crippen molar-refractivity contribution in [3.05, 3.63) is 37.9 Å². The van der Waals surface area contributed by atoms with Gasteiger partial charge in [-0.3, -0.25) is 4.79 Å². The topological polar surface area (TPSA) is 78.6 Å². The Balaban J connectivity index is 2.50. The number of ketones is 1. The number of esters is 1. The van der Waals surface area contributed by atoms with Crippen LogP contribution in [0, 0.1) is 5.92 Å². The van der Waals surface area contributed by atoms with Gasteiger partial charge in [-0.15, -0.1) is 0 Å². The number of halogens is 4. The third kappa shape index (κ3) is 4.58.